The normalized spacial score (nSPS) is 25.9. The summed E-state index contributed by atoms with van der Waals surface area (Å²) in [5.41, 5.74) is 0. The van der Waals surface area contributed by atoms with Crippen molar-refractivity contribution in [3.8, 4) is 0 Å². The molecule has 0 saturated carbocycles. The molecule has 1 aliphatic heterocycles. The van der Waals surface area contributed by atoms with Gasteiger partial charge in [0.1, 0.15) is 5.38 Å². The number of carbonyl (C=O) groups excluding carboxylic acids is 1. The number of methoxy groups -OCH3 is 1. The van der Waals surface area contributed by atoms with Gasteiger partial charge in [-0.05, 0) is 13.3 Å². The molecule has 0 bridgehead atoms. The molecule has 1 fully saturated rings. The summed E-state index contributed by atoms with van der Waals surface area (Å²) in [6.45, 7) is 3.16. The number of alkyl halides is 1. The maximum Gasteiger partial charge on any atom is 0.240 e. The molecule has 12 heavy (non-hydrogen) atoms. The number of likely N-dealkylation sites (tertiary alicyclic amines) is 1. The molecule has 70 valence electrons. The molecule has 4 heteroatoms. The number of amides is 1. The third kappa shape index (κ3) is 2.11. The van der Waals surface area contributed by atoms with Crippen molar-refractivity contribution in [1.29, 1.82) is 0 Å². The van der Waals surface area contributed by atoms with Crippen LogP contribution >= 0.6 is 11.6 Å². The Hall–Kier alpha value is -0.280. The number of nitrogens with zero attached hydrogens (tertiary/aromatic N) is 1. The van der Waals surface area contributed by atoms with Gasteiger partial charge in [-0.1, -0.05) is 0 Å². The lowest BCUT2D eigenvalue weighted by molar-refractivity contribution is -0.129. The minimum atomic E-state index is -0.416. The van der Waals surface area contributed by atoms with Crippen molar-refractivity contribution in [3.63, 3.8) is 0 Å². The van der Waals surface area contributed by atoms with Crippen LogP contribution in [0.4, 0.5) is 0 Å². The Kier molecular flexibility index (Phi) is 3.35. The van der Waals surface area contributed by atoms with Crippen molar-refractivity contribution >= 4 is 17.5 Å². The Morgan fingerprint density at radius 3 is 2.83 bits per heavy atom. The summed E-state index contributed by atoms with van der Waals surface area (Å²) < 4.78 is 5.13. The fraction of sp³-hybridized carbons (Fsp3) is 0.875. The molecule has 1 aliphatic rings. The molecule has 3 nitrogen and oxygen atoms in total. The van der Waals surface area contributed by atoms with E-state index in [0.29, 0.717) is 6.54 Å². The highest BCUT2D eigenvalue weighted by atomic mass is 35.5. The van der Waals surface area contributed by atoms with E-state index in [-0.39, 0.29) is 12.0 Å². The molecule has 2 atom stereocenters. The van der Waals surface area contributed by atoms with Crippen LogP contribution in [-0.2, 0) is 9.53 Å². The molecule has 0 aliphatic carbocycles. The third-order valence-electron chi connectivity index (χ3n) is 2.13. The number of ether oxygens (including phenoxy) is 1. The molecule has 1 saturated heterocycles. The summed E-state index contributed by atoms with van der Waals surface area (Å²) in [5.74, 6) is 0.0104. The van der Waals surface area contributed by atoms with Gasteiger partial charge < -0.3 is 9.64 Å². The van der Waals surface area contributed by atoms with E-state index in [0.717, 1.165) is 13.0 Å². The van der Waals surface area contributed by atoms with Crippen LogP contribution in [0.3, 0.4) is 0 Å². The molecule has 0 unspecified atom stereocenters. The Morgan fingerprint density at radius 1 is 1.75 bits per heavy atom. The quantitative estimate of drug-likeness (QED) is 0.606. The van der Waals surface area contributed by atoms with Crippen molar-refractivity contribution < 1.29 is 9.53 Å². The second-order valence-electron chi connectivity index (χ2n) is 3.05. The van der Waals surface area contributed by atoms with Crippen molar-refractivity contribution in [2.45, 2.75) is 24.8 Å². The smallest absolute Gasteiger partial charge is 0.240 e. The standard InChI is InChI=1S/C8H14ClNO2/c1-6(9)8(11)10-4-3-7(5-10)12-2/h6-7H,3-5H2,1-2H3/t6-,7-/m0/s1. The first-order valence-electron chi connectivity index (χ1n) is 4.10. The maximum absolute atomic E-state index is 11.3. The van der Waals surface area contributed by atoms with Gasteiger partial charge in [0.2, 0.25) is 5.91 Å². The van der Waals surface area contributed by atoms with Gasteiger partial charge in [0.15, 0.2) is 0 Å². The van der Waals surface area contributed by atoms with Crippen molar-refractivity contribution in [1.82, 2.24) is 4.90 Å². The molecule has 0 aromatic carbocycles. The molecule has 1 rings (SSSR count). The molecule has 1 amide bonds. The van der Waals surface area contributed by atoms with Gasteiger partial charge in [-0.2, -0.15) is 0 Å². The summed E-state index contributed by atoms with van der Waals surface area (Å²) in [6, 6.07) is 0. The first kappa shape index (κ1) is 9.81. The summed E-state index contributed by atoms with van der Waals surface area (Å²) in [7, 11) is 1.67. The van der Waals surface area contributed by atoms with Gasteiger partial charge in [-0.3, -0.25) is 4.79 Å². The fourth-order valence-electron chi connectivity index (χ4n) is 1.37. The van der Waals surface area contributed by atoms with Crippen LogP contribution in [0.25, 0.3) is 0 Å². The predicted molar refractivity (Wildman–Crippen MR) is 47.3 cm³/mol. The number of rotatable bonds is 2. The molecular formula is C8H14ClNO2. The molecule has 0 spiro atoms. The zero-order chi connectivity index (χ0) is 9.14. The van der Waals surface area contributed by atoms with E-state index in [9.17, 15) is 4.79 Å². The zero-order valence-electron chi connectivity index (χ0n) is 7.42. The van der Waals surface area contributed by atoms with Gasteiger partial charge in [0.05, 0.1) is 6.10 Å². The monoisotopic (exact) mass is 191 g/mol. The summed E-state index contributed by atoms with van der Waals surface area (Å²) in [4.78, 5) is 13.1. The highest BCUT2D eigenvalue weighted by Gasteiger charge is 2.27. The molecule has 1 heterocycles. The number of halogens is 1. The van der Waals surface area contributed by atoms with Crippen LogP contribution in [0.15, 0.2) is 0 Å². The Balaban J connectivity index is 2.41. The van der Waals surface area contributed by atoms with E-state index < -0.39 is 5.38 Å². The second-order valence-corrected chi connectivity index (χ2v) is 3.70. The molecule has 0 aromatic heterocycles. The third-order valence-corrected chi connectivity index (χ3v) is 2.32. The Morgan fingerprint density at radius 2 is 2.42 bits per heavy atom. The van der Waals surface area contributed by atoms with Crippen LogP contribution in [0.2, 0.25) is 0 Å². The molecule has 0 aromatic rings. The largest absolute Gasteiger partial charge is 0.380 e. The Bertz CT molecular complexity index is 172. The van der Waals surface area contributed by atoms with Crippen LogP contribution in [0.1, 0.15) is 13.3 Å². The van der Waals surface area contributed by atoms with E-state index in [1.54, 1.807) is 18.9 Å². The Labute approximate surface area is 77.6 Å². The van der Waals surface area contributed by atoms with E-state index in [4.69, 9.17) is 16.3 Å². The highest BCUT2D eigenvalue weighted by Crippen LogP contribution is 2.14. The van der Waals surface area contributed by atoms with Crippen molar-refractivity contribution in [3.05, 3.63) is 0 Å². The summed E-state index contributed by atoms with van der Waals surface area (Å²) in [5, 5.41) is -0.416. The SMILES string of the molecule is CO[C@H]1CCN(C(=O)[C@H](C)Cl)C1. The average Bonchev–Trinajstić information content (AvgIpc) is 2.50. The minimum Gasteiger partial charge on any atom is -0.380 e. The first-order valence-corrected chi connectivity index (χ1v) is 4.54. The highest BCUT2D eigenvalue weighted by molar-refractivity contribution is 6.30. The fourth-order valence-corrected chi connectivity index (χ4v) is 1.51. The van der Waals surface area contributed by atoms with Gasteiger partial charge in [-0.15, -0.1) is 11.6 Å². The van der Waals surface area contributed by atoms with E-state index in [2.05, 4.69) is 0 Å². The molecule has 0 N–H and O–H groups in total. The first-order chi connectivity index (χ1) is 5.65. The van der Waals surface area contributed by atoms with Crippen LogP contribution in [-0.4, -0.2) is 42.5 Å². The lowest BCUT2D eigenvalue weighted by atomic mass is 10.3. The molecular weight excluding hydrogens is 178 g/mol. The van der Waals surface area contributed by atoms with Crippen LogP contribution in [0, 0.1) is 0 Å². The van der Waals surface area contributed by atoms with Gasteiger partial charge in [-0.25, -0.2) is 0 Å². The van der Waals surface area contributed by atoms with Crippen LogP contribution < -0.4 is 0 Å². The number of hydrogen-bond donors (Lipinski definition) is 0. The molecule has 0 radical (unpaired) electrons. The van der Waals surface area contributed by atoms with Crippen molar-refractivity contribution in [2.75, 3.05) is 20.2 Å². The lowest BCUT2D eigenvalue weighted by Crippen LogP contribution is -2.34. The maximum atomic E-state index is 11.3. The second kappa shape index (κ2) is 4.10. The summed E-state index contributed by atoms with van der Waals surface area (Å²) >= 11 is 5.67. The van der Waals surface area contributed by atoms with Gasteiger partial charge in [0.25, 0.3) is 0 Å². The van der Waals surface area contributed by atoms with E-state index in [1.165, 1.54) is 0 Å². The number of hydrogen-bond acceptors (Lipinski definition) is 2. The predicted octanol–water partition coefficient (Wildman–Crippen LogP) is 0.861. The minimum absolute atomic E-state index is 0.0104. The van der Waals surface area contributed by atoms with Gasteiger partial charge >= 0.3 is 0 Å². The van der Waals surface area contributed by atoms with E-state index in [1.807, 2.05) is 0 Å². The van der Waals surface area contributed by atoms with Crippen molar-refractivity contribution in [2.24, 2.45) is 0 Å². The van der Waals surface area contributed by atoms with Gasteiger partial charge in [0, 0.05) is 20.2 Å². The average molecular weight is 192 g/mol. The topological polar surface area (TPSA) is 29.5 Å². The van der Waals surface area contributed by atoms with E-state index >= 15 is 0 Å². The summed E-state index contributed by atoms with van der Waals surface area (Å²) in [6.07, 6.45) is 1.12. The zero-order valence-corrected chi connectivity index (χ0v) is 8.17. The number of carbonyl (C=O) groups is 1. The lowest BCUT2D eigenvalue weighted by Gasteiger charge is -2.17. The van der Waals surface area contributed by atoms with Crippen LogP contribution in [0.5, 0.6) is 0 Å².